The molecule has 0 saturated heterocycles. The summed E-state index contributed by atoms with van der Waals surface area (Å²) in [5.41, 5.74) is 6.49. The van der Waals surface area contributed by atoms with Gasteiger partial charge in [0.05, 0.1) is 51.6 Å². The maximum absolute atomic E-state index is 10.4. The predicted octanol–water partition coefficient (Wildman–Crippen LogP) is 10.6. The molecule has 0 fully saturated rings. The molecule has 4 nitrogen and oxygen atoms in total. The lowest BCUT2D eigenvalue weighted by molar-refractivity contribution is 1.13. The maximum Gasteiger partial charge on any atom is 0.212 e. The minimum absolute atomic E-state index is 0.436. The summed E-state index contributed by atoms with van der Waals surface area (Å²) in [6.07, 6.45) is 0. The predicted molar refractivity (Wildman–Crippen MR) is 181 cm³/mol. The van der Waals surface area contributed by atoms with Gasteiger partial charge in [0.25, 0.3) is 0 Å². The van der Waals surface area contributed by atoms with Crippen molar-refractivity contribution in [2.24, 2.45) is 0 Å². The summed E-state index contributed by atoms with van der Waals surface area (Å²) in [5, 5.41) is 19.7. The molecule has 0 unspecified atom stereocenters. The van der Waals surface area contributed by atoms with E-state index < -0.39 is 0 Å². The number of nitrogens with zero attached hydrogens (tertiary/aromatic N) is 4. The molecule has 0 N–H and O–H groups in total. The van der Waals surface area contributed by atoms with E-state index in [1.807, 2.05) is 30.3 Å². The van der Waals surface area contributed by atoms with Crippen molar-refractivity contribution in [3.8, 4) is 17.4 Å². The Kier molecular flexibility index (Phi) is 5.00. The van der Waals surface area contributed by atoms with Gasteiger partial charge in [-0.3, -0.25) is 0 Å². The van der Waals surface area contributed by atoms with E-state index in [0.717, 1.165) is 55.0 Å². The van der Waals surface area contributed by atoms with Gasteiger partial charge in [-0.15, -0.1) is 0 Å². The van der Waals surface area contributed by atoms with Gasteiger partial charge in [-0.25, -0.2) is 4.85 Å². The van der Waals surface area contributed by atoms with Gasteiger partial charge < -0.3 is 9.13 Å². The lowest BCUT2D eigenvalue weighted by Gasteiger charge is -2.16. The molecule has 0 bridgehead atoms. The van der Waals surface area contributed by atoms with E-state index in [1.54, 1.807) is 6.07 Å². The molecule has 0 radical (unpaired) electrons. The number of aromatic nitrogens is 2. The number of nitriles is 1. The van der Waals surface area contributed by atoms with Crippen LogP contribution in [0.3, 0.4) is 0 Å². The highest BCUT2D eigenvalue weighted by Crippen LogP contribution is 2.43. The molecule has 0 aliphatic heterocycles. The van der Waals surface area contributed by atoms with Crippen LogP contribution in [-0.2, 0) is 0 Å². The van der Waals surface area contributed by atoms with Gasteiger partial charge in [-0.05, 0) is 57.9 Å². The Bertz CT molecular complexity index is 2600. The fourth-order valence-electron chi connectivity index (χ4n) is 7.10. The van der Waals surface area contributed by atoms with Crippen LogP contribution in [0.1, 0.15) is 5.56 Å². The molecule has 0 aliphatic rings. The molecule has 202 valence electrons. The van der Waals surface area contributed by atoms with Gasteiger partial charge in [0.2, 0.25) is 5.69 Å². The van der Waals surface area contributed by atoms with Gasteiger partial charge in [-0.2, -0.15) is 5.26 Å². The molecule has 4 heteroatoms. The lowest BCUT2D eigenvalue weighted by Crippen LogP contribution is -2.02. The molecule has 0 aliphatic carbocycles. The van der Waals surface area contributed by atoms with Crippen LogP contribution in [0.2, 0.25) is 0 Å². The van der Waals surface area contributed by atoms with Gasteiger partial charge in [-0.1, -0.05) is 97.1 Å². The van der Waals surface area contributed by atoms with Crippen molar-refractivity contribution in [1.29, 1.82) is 5.26 Å². The molecule has 2 aromatic heterocycles. The molecule has 44 heavy (non-hydrogen) atoms. The van der Waals surface area contributed by atoms with Crippen LogP contribution >= 0.6 is 0 Å². The SMILES string of the molecule is [C-]#[N+]c1cc(C#N)c(-n2c3ccccc3c3ccccc32)cc1-n1c2ccc3ccccc3c2c2c3ccccc3ccc21. The number of para-hydroxylation sites is 2. The average Bonchev–Trinajstić information content (AvgIpc) is 3.61. The largest absolute Gasteiger partial charge is 0.319 e. The van der Waals surface area contributed by atoms with Crippen LogP contribution in [0.4, 0.5) is 5.69 Å². The Balaban J connectivity index is 1.48. The van der Waals surface area contributed by atoms with E-state index in [4.69, 9.17) is 6.57 Å². The summed E-state index contributed by atoms with van der Waals surface area (Å²) in [6.45, 7) is 8.24. The van der Waals surface area contributed by atoms with Crippen molar-refractivity contribution < 1.29 is 0 Å². The molecule has 0 amide bonds. The van der Waals surface area contributed by atoms with E-state index in [1.165, 1.54) is 21.5 Å². The summed E-state index contributed by atoms with van der Waals surface area (Å²) >= 11 is 0. The molecule has 9 aromatic rings. The number of benzene rings is 7. The second kappa shape index (κ2) is 9.07. The van der Waals surface area contributed by atoms with Gasteiger partial charge in [0, 0.05) is 21.5 Å². The second-order valence-electron chi connectivity index (χ2n) is 11.1. The Hall–Kier alpha value is -6.36. The standard InChI is InChI=1S/C40H22N4/c1-42-32-22-27(24-41)37(43-33-16-8-6-14-30(33)31-15-7-9-17-34(31)43)23-38(32)44-35-20-18-25-10-2-4-12-28(25)39(35)40-29-13-5-3-11-26(29)19-21-36(40)44/h2-23H. The molecular weight excluding hydrogens is 536 g/mol. The van der Waals surface area contributed by atoms with Crippen molar-refractivity contribution in [2.75, 3.05) is 0 Å². The summed E-state index contributed by atoms with van der Waals surface area (Å²) in [5.74, 6) is 0. The van der Waals surface area contributed by atoms with E-state index in [-0.39, 0.29) is 0 Å². The zero-order valence-electron chi connectivity index (χ0n) is 23.5. The monoisotopic (exact) mass is 558 g/mol. The fourth-order valence-corrected chi connectivity index (χ4v) is 7.10. The van der Waals surface area contributed by atoms with Crippen molar-refractivity contribution >= 4 is 70.8 Å². The number of fused-ring (bicyclic) bond motifs is 10. The van der Waals surface area contributed by atoms with Crippen LogP contribution in [0.5, 0.6) is 0 Å². The zero-order chi connectivity index (χ0) is 29.4. The first-order valence-corrected chi connectivity index (χ1v) is 14.5. The Morgan fingerprint density at radius 2 is 0.977 bits per heavy atom. The summed E-state index contributed by atoms with van der Waals surface area (Å²) < 4.78 is 4.38. The zero-order valence-corrected chi connectivity index (χ0v) is 23.5. The molecule has 2 heterocycles. The molecule has 0 spiro atoms. The number of hydrogen-bond acceptors (Lipinski definition) is 1. The highest BCUT2D eigenvalue weighted by Gasteiger charge is 2.22. The molecular formula is C40H22N4. The van der Waals surface area contributed by atoms with Crippen LogP contribution in [-0.4, -0.2) is 9.13 Å². The molecule has 7 aromatic carbocycles. The minimum Gasteiger partial charge on any atom is -0.319 e. The second-order valence-corrected chi connectivity index (χ2v) is 11.1. The Morgan fingerprint density at radius 3 is 1.50 bits per heavy atom. The highest BCUT2D eigenvalue weighted by atomic mass is 15.0. The van der Waals surface area contributed by atoms with Crippen LogP contribution in [0, 0.1) is 17.9 Å². The van der Waals surface area contributed by atoms with E-state index in [9.17, 15) is 5.26 Å². The van der Waals surface area contributed by atoms with Crippen molar-refractivity contribution in [1.82, 2.24) is 9.13 Å². The van der Waals surface area contributed by atoms with Crippen LogP contribution in [0.25, 0.3) is 81.4 Å². The highest BCUT2D eigenvalue weighted by molar-refractivity contribution is 6.28. The third-order valence-electron chi connectivity index (χ3n) is 8.94. The first-order valence-electron chi connectivity index (χ1n) is 14.5. The van der Waals surface area contributed by atoms with Crippen LogP contribution < -0.4 is 0 Å². The average molecular weight is 559 g/mol. The maximum atomic E-state index is 10.4. The summed E-state index contributed by atoms with van der Waals surface area (Å²) in [7, 11) is 0. The normalized spacial score (nSPS) is 11.6. The molecule has 9 rings (SSSR count). The smallest absolute Gasteiger partial charge is 0.212 e. The lowest BCUT2D eigenvalue weighted by atomic mass is 10.00. The summed E-state index contributed by atoms with van der Waals surface area (Å²) in [6, 6.07) is 48.4. The van der Waals surface area contributed by atoms with Crippen LogP contribution in [0.15, 0.2) is 133 Å². The Labute approximate surface area is 252 Å². The van der Waals surface area contributed by atoms with Gasteiger partial charge >= 0.3 is 0 Å². The number of rotatable bonds is 2. The summed E-state index contributed by atoms with van der Waals surface area (Å²) in [4.78, 5) is 3.99. The van der Waals surface area contributed by atoms with Gasteiger partial charge in [0.1, 0.15) is 0 Å². The third-order valence-corrected chi connectivity index (χ3v) is 8.94. The first-order chi connectivity index (χ1) is 21.8. The first kappa shape index (κ1) is 24.3. The minimum atomic E-state index is 0.436. The van der Waals surface area contributed by atoms with Crippen molar-refractivity contribution in [2.45, 2.75) is 0 Å². The van der Waals surface area contributed by atoms with Gasteiger partial charge in [0.15, 0.2) is 0 Å². The van der Waals surface area contributed by atoms with E-state index >= 15 is 0 Å². The quantitative estimate of drug-likeness (QED) is 0.195. The van der Waals surface area contributed by atoms with E-state index in [0.29, 0.717) is 11.3 Å². The fraction of sp³-hybridized carbons (Fsp3) is 0. The van der Waals surface area contributed by atoms with E-state index in [2.05, 4.69) is 117 Å². The number of hydrogen-bond donors (Lipinski definition) is 0. The topological polar surface area (TPSA) is 38.0 Å². The van der Waals surface area contributed by atoms with Crippen molar-refractivity contribution in [3.05, 3.63) is 150 Å². The molecule has 0 atom stereocenters. The third kappa shape index (κ3) is 3.20. The Morgan fingerprint density at radius 1 is 0.500 bits per heavy atom. The molecule has 0 saturated carbocycles. The van der Waals surface area contributed by atoms with Crippen molar-refractivity contribution in [3.63, 3.8) is 0 Å².